The third-order valence-electron chi connectivity index (χ3n) is 2.19. The number of amides is 1. The molecule has 0 atom stereocenters. The summed E-state index contributed by atoms with van der Waals surface area (Å²) in [6, 6.07) is 0. The summed E-state index contributed by atoms with van der Waals surface area (Å²) < 4.78 is 0. The van der Waals surface area contributed by atoms with Crippen molar-refractivity contribution >= 4 is 5.91 Å². The van der Waals surface area contributed by atoms with E-state index in [-0.39, 0.29) is 5.91 Å². The fraction of sp³-hybridized carbons (Fsp3) is 0.875. The van der Waals surface area contributed by atoms with Crippen molar-refractivity contribution in [2.75, 3.05) is 6.54 Å². The molecule has 0 saturated carbocycles. The summed E-state index contributed by atoms with van der Waals surface area (Å²) in [5.74, 6) is -0.246. The number of rotatable bonds is 5. The molecule has 66 valence electrons. The van der Waals surface area contributed by atoms with Crippen LogP contribution in [0.3, 0.4) is 0 Å². The molecule has 0 aromatic rings. The predicted octanol–water partition coefficient (Wildman–Crippen LogP) is 0.640. The summed E-state index contributed by atoms with van der Waals surface area (Å²) in [4.78, 5) is 11.0. The van der Waals surface area contributed by atoms with Gasteiger partial charge in [-0.1, -0.05) is 20.8 Å². The number of nitrogens with two attached hydrogens (primary N) is 1. The zero-order chi connectivity index (χ0) is 8.91. The Morgan fingerprint density at radius 3 is 1.91 bits per heavy atom. The number of hydrogen-bond donors (Lipinski definition) is 2. The van der Waals surface area contributed by atoms with Crippen molar-refractivity contribution in [1.82, 2.24) is 5.32 Å². The number of nitrogens with one attached hydrogen (secondary N) is 1. The van der Waals surface area contributed by atoms with Crippen molar-refractivity contribution in [2.45, 2.75) is 39.2 Å². The summed E-state index contributed by atoms with van der Waals surface area (Å²) in [6.07, 6.45) is 1.51. The highest BCUT2D eigenvalue weighted by Crippen LogP contribution is 2.13. The van der Waals surface area contributed by atoms with Gasteiger partial charge in [0.2, 0.25) is 5.91 Å². The summed E-state index contributed by atoms with van der Waals surface area (Å²) in [5, 5.41) is 3.12. The van der Waals surface area contributed by atoms with E-state index >= 15 is 0 Å². The molecule has 0 spiro atoms. The summed E-state index contributed by atoms with van der Waals surface area (Å²) in [6.45, 7) is 6.70. The first-order valence-corrected chi connectivity index (χ1v) is 4.17. The van der Waals surface area contributed by atoms with Crippen molar-refractivity contribution in [1.29, 1.82) is 0 Å². The SMILES string of the molecule is CCNC(CC)(CC)C(N)=O. The average molecular weight is 158 g/mol. The maximum absolute atomic E-state index is 11.0. The highest BCUT2D eigenvalue weighted by atomic mass is 16.1. The smallest absolute Gasteiger partial charge is 0.237 e. The molecular weight excluding hydrogens is 140 g/mol. The highest BCUT2D eigenvalue weighted by Gasteiger charge is 2.30. The van der Waals surface area contributed by atoms with Gasteiger partial charge in [0.1, 0.15) is 0 Å². The Balaban J connectivity index is 4.32. The van der Waals surface area contributed by atoms with Crippen molar-refractivity contribution in [3.63, 3.8) is 0 Å². The maximum atomic E-state index is 11.0. The highest BCUT2D eigenvalue weighted by molar-refractivity contribution is 5.84. The Morgan fingerprint density at radius 2 is 1.82 bits per heavy atom. The van der Waals surface area contributed by atoms with Gasteiger partial charge in [0.25, 0.3) is 0 Å². The van der Waals surface area contributed by atoms with Crippen molar-refractivity contribution < 1.29 is 4.79 Å². The predicted molar refractivity (Wildman–Crippen MR) is 46.2 cm³/mol. The van der Waals surface area contributed by atoms with Gasteiger partial charge in [0.15, 0.2) is 0 Å². The van der Waals surface area contributed by atoms with E-state index in [9.17, 15) is 4.79 Å². The molecule has 0 saturated heterocycles. The van der Waals surface area contributed by atoms with E-state index in [4.69, 9.17) is 5.73 Å². The lowest BCUT2D eigenvalue weighted by Gasteiger charge is -2.28. The first-order valence-electron chi connectivity index (χ1n) is 4.17. The van der Waals surface area contributed by atoms with Crippen LogP contribution < -0.4 is 11.1 Å². The van der Waals surface area contributed by atoms with Gasteiger partial charge >= 0.3 is 0 Å². The molecule has 0 aromatic carbocycles. The van der Waals surface area contributed by atoms with Crippen LogP contribution in [0.1, 0.15) is 33.6 Å². The standard InChI is InChI=1S/C8H18N2O/c1-4-8(5-2,7(9)11)10-6-3/h10H,4-6H2,1-3H3,(H2,9,11). The molecule has 0 unspecified atom stereocenters. The average Bonchev–Trinajstić information content (AvgIpc) is 2.00. The molecule has 0 rings (SSSR count). The van der Waals surface area contributed by atoms with Crippen molar-refractivity contribution in [3.8, 4) is 0 Å². The molecule has 0 aliphatic rings. The lowest BCUT2D eigenvalue weighted by atomic mass is 9.92. The second-order valence-electron chi connectivity index (χ2n) is 2.68. The van der Waals surface area contributed by atoms with Crippen LogP contribution >= 0.6 is 0 Å². The number of hydrogen-bond acceptors (Lipinski definition) is 2. The van der Waals surface area contributed by atoms with E-state index in [2.05, 4.69) is 5.32 Å². The van der Waals surface area contributed by atoms with Gasteiger partial charge in [-0.15, -0.1) is 0 Å². The van der Waals surface area contributed by atoms with Crippen LogP contribution in [0.4, 0.5) is 0 Å². The minimum atomic E-state index is -0.477. The second kappa shape index (κ2) is 4.34. The normalized spacial score (nSPS) is 11.5. The van der Waals surface area contributed by atoms with E-state index in [1.165, 1.54) is 0 Å². The molecule has 3 heteroatoms. The lowest BCUT2D eigenvalue weighted by molar-refractivity contribution is -0.124. The first kappa shape index (κ1) is 10.4. The quantitative estimate of drug-likeness (QED) is 0.617. The zero-order valence-electron chi connectivity index (χ0n) is 7.61. The second-order valence-corrected chi connectivity index (χ2v) is 2.68. The number of primary amides is 1. The molecule has 3 N–H and O–H groups in total. The molecule has 0 bridgehead atoms. The van der Waals surface area contributed by atoms with Crippen LogP contribution in [0.5, 0.6) is 0 Å². The Morgan fingerprint density at radius 1 is 1.36 bits per heavy atom. The minimum Gasteiger partial charge on any atom is -0.368 e. The first-order chi connectivity index (χ1) is 5.13. The fourth-order valence-corrected chi connectivity index (χ4v) is 1.27. The van der Waals surface area contributed by atoms with Crippen molar-refractivity contribution in [3.05, 3.63) is 0 Å². The van der Waals surface area contributed by atoms with Crippen LogP contribution in [0, 0.1) is 0 Å². The molecule has 0 aromatic heterocycles. The third kappa shape index (κ3) is 2.19. The van der Waals surface area contributed by atoms with Gasteiger partial charge in [-0.2, -0.15) is 0 Å². The van der Waals surface area contributed by atoms with E-state index in [0.717, 1.165) is 19.4 Å². The van der Waals surface area contributed by atoms with Gasteiger partial charge < -0.3 is 11.1 Å². The van der Waals surface area contributed by atoms with Crippen LogP contribution in [-0.4, -0.2) is 18.0 Å². The number of likely N-dealkylation sites (N-methyl/N-ethyl adjacent to an activating group) is 1. The van der Waals surface area contributed by atoms with Gasteiger partial charge in [0, 0.05) is 0 Å². The van der Waals surface area contributed by atoms with Gasteiger partial charge in [-0.3, -0.25) is 4.79 Å². The fourth-order valence-electron chi connectivity index (χ4n) is 1.27. The molecular formula is C8H18N2O. The van der Waals surface area contributed by atoms with E-state index in [1.54, 1.807) is 0 Å². The molecule has 1 amide bonds. The van der Waals surface area contributed by atoms with Crippen LogP contribution in [0.15, 0.2) is 0 Å². The van der Waals surface area contributed by atoms with Gasteiger partial charge in [-0.25, -0.2) is 0 Å². The van der Waals surface area contributed by atoms with Crippen molar-refractivity contribution in [2.24, 2.45) is 5.73 Å². The van der Waals surface area contributed by atoms with Gasteiger partial charge in [0.05, 0.1) is 5.54 Å². The van der Waals surface area contributed by atoms with E-state index in [1.807, 2.05) is 20.8 Å². The maximum Gasteiger partial charge on any atom is 0.237 e. The Bertz CT molecular complexity index is 130. The lowest BCUT2D eigenvalue weighted by Crippen LogP contribution is -2.54. The van der Waals surface area contributed by atoms with Crippen LogP contribution in [0.25, 0.3) is 0 Å². The van der Waals surface area contributed by atoms with E-state index < -0.39 is 5.54 Å². The topological polar surface area (TPSA) is 55.1 Å². The molecule has 0 aliphatic heterocycles. The molecule has 0 fully saturated rings. The molecule has 11 heavy (non-hydrogen) atoms. The number of carbonyl (C=O) groups excluding carboxylic acids is 1. The monoisotopic (exact) mass is 158 g/mol. The largest absolute Gasteiger partial charge is 0.368 e. The van der Waals surface area contributed by atoms with E-state index in [0.29, 0.717) is 0 Å². The summed E-state index contributed by atoms with van der Waals surface area (Å²) in [5.41, 5.74) is 4.80. The molecule has 0 heterocycles. The van der Waals surface area contributed by atoms with Gasteiger partial charge in [-0.05, 0) is 19.4 Å². The Labute approximate surface area is 68.3 Å². The molecule has 0 radical (unpaired) electrons. The Kier molecular flexibility index (Phi) is 4.11. The molecule has 0 aliphatic carbocycles. The summed E-state index contributed by atoms with van der Waals surface area (Å²) in [7, 11) is 0. The Hall–Kier alpha value is -0.570. The van der Waals surface area contributed by atoms with Crippen LogP contribution in [-0.2, 0) is 4.79 Å². The zero-order valence-corrected chi connectivity index (χ0v) is 7.61. The molecule has 3 nitrogen and oxygen atoms in total. The summed E-state index contributed by atoms with van der Waals surface area (Å²) >= 11 is 0. The van der Waals surface area contributed by atoms with Crippen LogP contribution in [0.2, 0.25) is 0 Å². The third-order valence-corrected chi connectivity index (χ3v) is 2.19. The number of carbonyl (C=O) groups is 1. The minimum absolute atomic E-state index is 0.246.